The summed E-state index contributed by atoms with van der Waals surface area (Å²) in [6, 6.07) is 10.0. The number of aromatic nitrogens is 5. The summed E-state index contributed by atoms with van der Waals surface area (Å²) in [6.45, 7) is 9.52. The number of hydrogen-bond donors (Lipinski definition) is 1. The molecule has 0 unspecified atom stereocenters. The van der Waals surface area contributed by atoms with Crippen molar-refractivity contribution in [2.24, 2.45) is 13.0 Å². The number of amides is 1. The zero-order valence-electron chi connectivity index (χ0n) is 23.1. The molecule has 4 aromatic rings. The molecular weight excluding hydrogens is 492 g/mol. The van der Waals surface area contributed by atoms with Crippen LogP contribution in [0.3, 0.4) is 0 Å². The van der Waals surface area contributed by atoms with Gasteiger partial charge in [0, 0.05) is 56.7 Å². The number of hydrogen-bond acceptors (Lipinski definition) is 7. The molecule has 1 atom stereocenters. The number of nitrogens with one attached hydrogen (secondary N) is 1. The van der Waals surface area contributed by atoms with E-state index < -0.39 is 0 Å². The Morgan fingerprint density at radius 1 is 1.03 bits per heavy atom. The van der Waals surface area contributed by atoms with Crippen LogP contribution in [0.1, 0.15) is 35.8 Å². The first-order valence-electron chi connectivity index (χ1n) is 13.7. The quantitative estimate of drug-likeness (QED) is 0.400. The van der Waals surface area contributed by atoms with Crippen LogP contribution in [0, 0.1) is 12.8 Å². The zero-order valence-corrected chi connectivity index (χ0v) is 23.1. The van der Waals surface area contributed by atoms with Gasteiger partial charge in [-0.1, -0.05) is 6.92 Å². The summed E-state index contributed by atoms with van der Waals surface area (Å²) in [7, 11) is 4.03. The normalized spacial score (nSPS) is 19.0. The molecule has 5 heterocycles. The molecule has 1 aromatic carbocycles. The van der Waals surface area contributed by atoms with Crippen LogP contribution in [0.25, 0.3) is 22.3 Å². The number of carbonyl (C=O) groups is 1. The number of ether oxygens (including phenoxy) is 1. The van der Waals surface area contributed by atoms with E-state index in [1.54, 1.807) is 23.0 Å². The van der Waals surface area contributed by atoms with Crippen molar-refractivity contribution < 1.29 is 9.53 Å². The van der Waals surface area contributed by atoms with Crippen molar-refractivity contribution in [2.75, 3.05) is 50.1 Å². The van der Waals surface area contributed by atoms with Gasteiger partial charge in [-0.2, -0.15) is 5.10 Å². The molecule has 10 nitrogen and oxygen atoms in total. The number of aryl methyl sites for hydroxylation is 3. The molecule has 2 bridgehead atoms. The molecule has 6 rings (SSSR count). The lowest BCUT2D eigenvalue weighted by molar-refractivity contribution is 0.102. The lowest BCUT2D eigenvalue weighted by Gasteiger charge is -2.34. The van der Waals surface area contributed by atoms with Gasteiger partial charge < -0.3 is 19.1 Å². The molecule has 2 aliphatic heterocycles. The van der Waals surface area contributed by atoms with Gasteiger partial charge >= 0.3 is 0 Å². The second kappa shape index (κ2) is 10.3. The lowest BCUT2D eigenvalue weighted by atomic mass is 10.1. The average Bonchev–Trinajstić information content (AvgIpc) is 3.46. The molecular formula is C29H36N8O2. The topological polar surface area (TPSA) is 93.3 Å². The highest BCUT2D eigenvalue weighted by molar-refractivity contribution is 6.05. The zero-order chi connectivity index (χ0) is 27.1. The number of fused-ring (bicyclic) bond motifs is 7. The third kappa shape index (κ3) is 5.08. The molecule has 10 heteroatoms. The van der Waals surface area contributed by atoms with Crippen LogP contribution in [0.15, 0.2) is 36.5 Å². The van der Waals surface area contributed by atoms with E-state index in [1.165, 1.54) is 5.69 Å². The standard InChI is InChI=1S/C29H36N8O2/c1-19-6-5-9-37-26-16-22(36-12-10-34(3)11-13-36)7-8-24(26)32-29(37)33-27(38)21-14-20(2)31-25(15-21)23-17-30-35(4)28(23)39-18-19/h7-8,14-17,19H,5-6,9-13,18H2,1-4H3,(H,32,33,38)/t19-/m0/s1. The fourth-order valence-electron chi connectivity index (χ4n) is 5.48. The number of nitrogens with zero attached hydrogens (tertiary/aromatic N) is 7. The lowest BCUT2D eigenvalue weighted by Crippen LogP contribution is -2.44. The molecule has 3 aromatic heterocycles. The van der Waals surface area contributed by atoms with Crippen LogP contribution in [0.5, 0.6) is 5.88 Å². The third-order valence-corrected chi connectivity index (χ3v) is 7.78. The number of likely N-dealkylation sites (N-methyl/N-ethyl adjacent to an activating group) is 1. The van der Waals surface area contributed by atoms with Gasteiger partial charge in [-0.3, -0.25) is 15.1 Å². The summed E-state index contributed by atoms with van der Waals surface area (Å²) in [5.74, 6) is 1.36. The molecule has 0 spiro atoms. The highest BCUT2D eigenvalue weighted by atomic mass is 16.5. The third-order valence-electron chi connectivity index (χ3n) is 7.78. The van der Waals surface area contributed by atoms with Crippen molar-refractivity contribution in [3.05, 3.63) is 47.8 Å². The average molecular weight is 529 g/mol. The van der Waals surface area contributed by atoms with Gasteiger partial charge in [-0.25, -0.2) is 9.67 Å². The molecule has 1 amide bonds. The monoisotopic (exact) mass is 528 g/mol. The van der Waals surface area contributed by atoms with E-state index in [0.29, 0.717) is 35.6 Å². The predicted octanol–water partition coefficient (Wildman–Crippen LogP) is 3.95. The Kier molecular flexibility index (Phi) is 6.72. The van der Waals surface area contributed by atoms with Gasteiger partial charge in [0.1, 0.15) is 0 Å². The number of benzene rings is 1. The molecule has 39 heavy (non-hydrogen) atoms. The summed E-state index contributed by atoms with van der Waals surface area (Å²) < 4.78 is 10.1. The fraction of sp³-hybridized carbons (Fsp3) is 0.448. The van der Waals surface area contributed by atoms with Crippen molar-refractivity contribution >= 4 is 28.6 Å². The van der Waals surface area contributed by atoms with Gasteiger partial charge in [0.25, 0.3) is 5.91 Å². The van der Waals surface area contributed by atoms with E-state index in [9.17, 15) is 4.79 Å². The highest BCUT2D eigenvalue weighted by Crippen LogP contribution is 2.31. The minimum absolute atomic E-state index is 0.216. The maximum atomic E-state index is 13.6. The number of imidazole rings is 1. The Bertz CT molecular complexity index is 1520. The van der Waals surface area contributed by atoms with Gasteiger partial charge in [-0.05, 0) is 63.1 Å². The molecule has 0 radical (unpaired) electrons. The van der Waals surface area contributed by atoms with Gasteiger partial charge in [0.15, 0.2) is 0 Å². The number of anilines is 2. The Morgan fingerprint density at radius 3 is 2.67 bits per heavy atom. The van der Waals surface area contributed by atoms with Crippen LogP contribution in [-0.2, 0) is 13.6 Å². The molecule has 1 fully saturated rings. The first kappa shape index (κ1) is 25.4. The Morgan fingerprint density at radius 2 is 1.85 bits per heavy atom. The second-order valence-electron chi connectivity index (χ2n) is 10.9. The minimum Gasteiger partial charge on any atom is -0.477 e. The molecule has 0 saturated carbocycles. The van der Waals surface area contributed by atoms with Crippen molar-refractivity contribution in [3.8, 4) is 17.1 Å². The summed E-state index contributed by atoms with van der Waals surface area (Å²) in [5.41, 5.74) is 5.83. The van der Waals surface area contributed by atoms with Crippen LogP contribution < -0.4 is 15.0 Å². The summed E-state index contributed by atoms with van der Waals surface area (Å²) in [6.07, 6.45) is 3.66. The van der Waals surface area contributed by atoms with Crippen LogP contribution in [0.2, 0.25) is 0 Å². The van der Waals surface area contributed by atoms with E-state index in [1.807, 2.05) is 14.0 Å². The van der Waals surface area contributed by atoms with E-state index in [2.05, 4.69) is 57.0 Å². The largest absolute Gasteiger partial charge is 0.477 e. The SMILES string of the molecule is Cc1cc2cc(n1)-c1cnn(C)c1OC[C@@H](C)CCCn1c(nc3ccc(N4CCN(C)CC4)cc31)NC2=O. The summed E-state index contributed by atoms with van der Waals surface area (Å²) in [5, 5.41) is 7.51. The van der Waals surface area contributed by atoms with Gasteiger partial charge in [-0.15, -0.1) is 0 Å². The second-order valence-corrected chi connectivity index (χ2v) is 10.9. The predicted molar refractivity (Wildman–Crippen MR) is 152 cm³/mol. The summed E-state index contributed by atoms with van der Waals surface area (Å²) in [4.78, 5) is 27.9. The Hall–Kier alpha value is -3.92. The van der Waals surface area contributed by atoms with Crippen LogP contribution in [0.4, 0.5) is 11.6 Å². The highest BCUT2D eigenvalue weighted by Gasteiger charge is 2.21. The maximum Gasteiger partial charge on any atom is 0.258 e. The van der Waals surface area contributed by atoms with Crippen molar-refractivity contribution in [2.45, 2.75) is 33.2 Å². The number of pyridine rings is 1. The smallest absolute Gasteiger partial charge is 0.258 e. The van der Waals surface area contributed by atoms with E-state index in [4.69, 9.17) is 14.7 Å². The maximum absolute atomic E-state index is 13.6. The first-order chi connectivity index (χ1) is 18.9. The fourth-order valence-corrected chi connectivity index (χ4v) is 5.48. The van der Waals surface area contributed by atoms with Crippen molar-refractivity contribution in [1.82, 2.24) is 29.2 Å². The Labute approximate surface area is 228 Å². The van der Waals surface area contributed by atoms with Crippen LogP contribution >= 0.6 is 0 Å². The van der Waals surface area contributed by atoms with E-state index >= 15 is 0 Å². The summed E-state index contributed by atoms with van der Waals surface area (Å²) >= 11 is 0. The first-order valence-corrected chi connectivity index (χ1v) is 13.7. The molecule has 1 N–H and O–H groups in total. The van der Waals surface area contributed by atoms with E-state index in [-0.39, 0.29) is 5.91 Å². The van der Waals surface area contributed by atoms with E-state index in [0.717, 1.165) is 67.9 Å². The molecule has 204 valence electrons. The van der Waals surface area contributed by atoms with Gasteiger partial charge in [0.2, 0.25) is 11.8 Å². The number of carbonyl (C=O) groups excluding carboxylic acids is 1. The van der Waals surface area contributed by atoms with Crippen molar-refractivity contribution in [1.29, 1.82) is 0 Å². The van der Waals surface area contributed by atoms with Gasteiger partial charge in [0.05, 0.1) is 35.1 Å². The molecule has 2 aliphatic rings. The number of rotatable bonds is 1. The van der Waals surface area contributed by atoms with Crippen molar-refractivity contribution in [3.63, 3.8) is 0 Å². The Balaban J connectivity index is 1.39. The van der Waals surface area contributed by atoms with Crippen LogP contribution in [-0.4, -0.2) is 75.0 Å². The number of piperazine rings is 1. The minimum atomic E-state index is -0.216. The molecule has 1 saturated heterocycles. The molecule has 0 aliphatic carbocycles.